The quantitative estimate of drug-likeness (QED) is 0.679. The van der Waals surface area contributed by atoms with Gasteiger partial charge < -0.3 is 4.74 Å². The van der Waals surface area contributed by atoms with Crippen LogP contribution in [0.15, 0.2) is 0 Å². The van der Waals surface area contributed by atoms with Crippen molar-refractivity contribution < 1.29 is 9.53 Å². The molecule has 5 aliphatic carbocycles. The predicted molar refractivity (Wildman–Crippen MR) is 90.9 cm³/mol. The third-order valence-corrected chi connectivity index (χ3v) is 8.04. The van der Waals surface area contributed by atoms with Gasteiger partial charge in [0.15, 0.2) is 0 Å². The molecule has 0 radical (unpaired) electrons. The van der Waals surface area contributed by atoms with Crippen molar-refractivity contribution in [1.29, 1.82) is 0 Å². The molecule has 0 atom stereocenters. The zero-order valence-electron chi connectivity index (χ0n) is 13.7. The van der Waals surface area contributed by atoms with Crippen LogP contribution in [0, 0.1) is 23.2 Å². The second kappa shape index (κ2) is 6.37. The lowest BCUT2D eigenvalue weighted by Crippen LogP contribution is -2.48. The molecule has 5 fully saturated rings. The maximum absolute atomic E-state index is 12.1. The highest BCUT2D eigenvalue weighted by Gasteiger charge is 2.51. The van der Waals surface area contributed by atoms with E-state index in [4.69, 9.17) is 4.74 Å². The number of carbonyl (C=O) groups is 1. The normalized spacial score (nSPS) is 40.8. The minimum Gasteiger partial charge on any atom is -0.464 e. The molecule has 0 saturated heterocycles. The molecular formula is C19H30O2S. The summed E-state index contributed by atoms with van der Waals surface area (Å²) >= 11 is 1.85. The van der Waals surface area contributed by atoms with E-state index < -0.39 is 0 Å². The Morgan fingerprint density at radius 2 is 1.55 bits per heavy atom. The van der Waals surface area contributed by atoms with Crippen LogP contribution in [0.1, 0.15) is 70.6 Å². The molecule has 0 aromatic heterocycles. The van der Waals surface area contributed by atoms with Gasteiger partial charge in [-0.3, -0.25) is 4.79 Å². The lowest BCUT2D eigenvalue weighted by atomic mass is 9.50. The van der Waals surface area contributed by atoms with Crippen molar-refractivity contribution in [2.75, 3.05) is 12.4 Å². The monoisotopic (exact) mass is 322 g/mol. The first-order valence-corrected chi connectivity index (χ1v) is 10.5. The van der Waals surface area contributed by atoms with E-state index in [0.29, 0.717) is 16.4 Å². The van der Waals surface area contributed by atoms with E-state index in [0.717, 1.165) is 24.4 Å². The Morgan fingerprint density at radius 1 is 0.955 bits per heavy atom. The highest BCUT2D eigenvalue weighted by molar-refractivity contribution is 8.00. The minimum absolute atomic E-state index is 0.0475. The smallest absolute Gasteiger partial charge is 0.315 e. The van der Waals surface area contributed by atoms with Gasteiger partial charge in [0.05, 0.1) is 12.4 Å². The van der Waals surface area contributed by atoms with E-state index in [-0.39, 0.29) is 5.97 Å². The van der Waals surface area contributed by atoms with Crippen LogP contribution in [0.4, 0.5) is 0 Å². The molecule has 124 valence electrons. The molecule has 0 unspecified atom stereocenters. The third kappa shape index (κ3) is 3.34. The van der Waals surface area contributed by atoms with E-state index in [1.165, 1.54) is 70.6 Å². The third-order valence-electron chi connectivity index (χ3n) is 6.69. The maximum atomic E-state index is 12.1. The summed E-state index contributed by atoms with van der Waals surface area (Å²) in [6.45, 7) is 0.723. The maximum Gasteiger partial charge on any atom is 0.315 e. The summed E-state index contributed by atoms with van der Waals surface area (Å²) in [6, 6.07) is 0. The lowest BCUT2D eigenvalue weighted by molar-refractivity contribution is -0.152. The van der Waals surface area contributed by atoms with Gasteiger partial charge in [0.2, 0.25) is 0 Å². The van der Waals surface area contributed by atoms with Gasteiger partial charge in [0.1, 0.15) is 0 Å². The van der Waals surface area contributed by atoms with Crippen LogP contribution in [0.3, 0.4) is 0 Å². The highest BCUT2D eigenvalue weighted by atomic mass is 32.2. The van der Waals surface area contributed by atoms with Crippen LogP contribution in [0.5, 0.6) is 0 Å². The average Bonchev–Trinajstić information content (AvgIpc) is 2.51. The molecule has 22 heavy (non-hydrogen) atoms. The molecule has 5 saturated carbocycles. The summed E-state index contributed by atoms with van der Waals surface area (Å²) in [7, 11) is 0. The van der Waals surface area contributed by atoms with Gasteiger partial charge >= 0.3 is 5.97 Å². The molecule has 0 N–H and O–H groups in total. The van der Waals surface area contributed by atoms with Crippen molar-refractivity contribution in [2.45, 2.75) is 75.9 Å². The van der Waals surface area contributed by atoms with Crippen LogP contribution in [0.25, 0.3) is 0 Å². The van der Waals surface area contributed by atoms with Gasteiger partial charge in [-0.15, -0.1) is 11.8 Å². The summed E-state index contributed by atoms with van der Waals surface area (Å²) in [5.41, 5.74) is 0.375. The van der Waals surface area contributed by atoms with Gasteiger partial charge in [-0.25, -0.2) is 0 Å². The van der Waals surface area contributed by atoms with Crippen LogP contribution in [-0.4, -0.2) is 23.6 Å². The van der Waals surface area contributed by atoms with Crippen molar-refractivity contribution in [2.24, 2.45) is 23.2 Å². The van der Waals surface area contributed by atoms with Crippen molar-refractivity contribution in [3.8, 4) is 0 Å². The van der Waals surface area contributed by atoms with Crippen molar-refractivity contribution in [3.05, 3.63) is 0 Å². The fourth-order valence-electron chi connectivity index (χ4n) is 6.16. The van der Waals surface area contributed by atoms with Crippen molar-refractivity contribution in [1.82, 2.24) is 0 Å². The van der Waals surface area contributed by atoms with Gasteiger partial charge in [0, 0.05) is 10.7 Å². The molecule has 5 rings (SSSR count). The Hall–Kier alpha value is -0.180. The summed E-state index contributed by atoms with van der Waals surface area (Å²) in [5.74, 6) is 3.47. The van der Waals surface area contributed by atoms with Gasteiger partial charge in [-0.2, -0.15) is 0 Å². The van der Waals surface area contributed by atoms with E-state index in [9.17, 15) is 4.79 Å². The first-order valence-electron chi connectivity index (χ1n) is 9.48. The van der Waals surface area contributed by atoms with Crippen LogP contribution in [0.2, 0.25) is 0 Å². The topological polar surface area (TPSA) is 26.3 Å². The molecule has 5 aliphatic rings. The van der Waals surface area contributed by atoms with Gasteiger partial charge in [-0.05, 0) is 69.1 Å². The van der Waals surface area contributed by atoms with Crippen LogP contribution < -0.4 is 0 Å². The Morgan fingerprint density at radius 3 is 2.14 bits per heavy atom. The fraction of sp³-hybridized carbons (Fsp3) is 0.947. The van der Waals surface area contributed by atoms with Crippen molar-refractivity contribution in [3.63, 3.8) is 0 Å². The number of hydrogen-bond acceptors (Lipinski definition) is 3. The molecular weight excluding hydrogens is 292 g/mol. The fourth-order valence-corrected chi connectivity index (χ4v) is 7.28. The molecule has 0 aromatic carbocycles. The summed E-state index contributed by atoms with van der Waals surface area (Å²) < 4.78 is 5.76. The second-order valence-corrected chi connectivity index (χ2v) is 9.94. The van der Waals surface area contributed by atoms with Crippen LogP contribution in [-0.2, 0) is 9.53 Å². The zero-order valence-corrected chi connectivity index (χ0v) is 14.5. The van der Waals surface area contributed by atoms with Gasteiger partial charge in [-0.1, -0.05) is 19.3 Å². The summed E-state index contributed by atoms with van der Waals surface area (Å²) in [4.78, 5) is 12.1. The average molecular weight is 323 g/mol. The number of rotatable bonds is 5. The number of esters is 1. The van der Waals surface area contributed by atoms with E-state index in [1.54, 1.807) is 0 Å². The number of hydrogen-bond donors (Lipinski definition) is 0. The van der Waals surface area contributed by atoms with E-state index in [2.05, 4.69) is 0 Å². The molecule has 0 aliphatic heterocycles. The Bertz CT molecular complexity index is 378. The number of carbonyl (C=O) groups excluding carboxylic acids is 1. The van der Waals surface area contributed by atoms with E-state index >= 15 is 0 Å². The molecule has 0 spiro atoms. The SMILES string of the molecule is O=C(CSC1CCCCC1)OCC12CC3CC(CC(C3)C1)C2. The Kier molecular flexibility index (Phi) is 4.45. The molecule has 4 bridgehead atoms. The van der Waals surface area contributed by atoms with E-state index in [1.807, 2.05) is 11.8 Å². The zero-order chi connectivity index (χ0) is 15.0. The largest absolute Gasteiger partial charge is 0.464 e. The van der Waals surface area contributed by atoms with Gasteiger partial charge in [0.25, 0.3) is 0 Å². The molecule has 0 amide bonds. The summed E-state index contributed by atoms with van der Waals surface area (Å²) in [6.07, 6.45) is 15.1. The molecule has 3 heteroatoms. The number of ether oxygens (including phenoxy) is 1. The lowest BCUT2D eigenvalue weighted by Gasteiger charge is -2.56. The molecule has 0 heterocycles. The number of thioether (sulfide) groups is 1. The first kappa shape index (κ1) is 15.4. The Labute approximate surface area is 139 Å². The second-order valence-electron chi connectivity index (χ2n) is 8.65. The van der Waals surface area contributed by atoms with Crippen LogP contribution >= 0.6 is 11.8 Å². The molecule has 2 nitrogen and oxygen atoms in total. The minimum atomic E-state index is 0.0475. The predicted octanol–water partition coefficient (Wildman–Crippen LogP) is 4.81. The van der Waals surface area contributed by atoms with Crippen molar-refractivity contribution >= 4 is 17.7 Å². The first-order chi connectivity index (χ1) is 10.7. The Balaban J connectivity index is 1.23. The standard InChI is InChI=1S/C19H30O2S/c20-18(12-22-17-4-2-1-3-5-17)21-13-19-9-14-6-15(10-19)8-16(7-14)11-19/h14-17H,1-13H2. The summed E-state index contributed by atoms with van der Waals surface area (Å²) in [5, 5.41) is 0.709. The molecule has 0 aromatic rings. The highest BCUT2D eigenvalue weighted by Crippen LogP contribution is 2.60.